The maximum absolute atomic E-state index is 12.8. The zero-order valence-electron chi connectivity index (χ0n) is 23.7. The number of rotatable bonds is 2. The summed E-state index contributed by atoms with van der Waals surface area (Å²) in [5.41, 5.74) is -1.71. The molecule has 0 saturated carbocycles. The molecule has 2 aliphatic rings. The maximum atomic E-state index is 12.8. The van der Waals surface area contributed by atoms with Gasteiger partial charge in [-0.25, -0.2) is 0 Å². The van der Waals surface area contributed by atoms with Crippen molar-refractivity contribution in [1.29, 1.82) is 0 Å². The summed E-state index contributed by atoms with van der Waals surface area (Å²) < 4.78 is 153. The normalized spacial score (nSPS) is 15.4. The molecule has 0 bridgehead atoms. The number of alkyl halides is 12. The molecule has 0 unspecified atom stereocenters. The van der Waals surface area contributed by atoms with Gasteiger partial charge in [0.15, 0.2) is 0 Å². The van der Waals surface area contributed by atoms with Gasteiger partial charge in [-0.3, -0.25) is 0 Å². The van der Waals surface area contributed by atoms with Gasteiger partial charge in [-0.2, -0.15) is 87.1 Å². The van der Waals surface area contributed by atoms with Gasteiger partial charge in [-0.15, -0.1) is 22.3 Å². The summed E-state index contributed by atoms with van der Waals surface area (Å²) in [7, 11) is 0. The first-order chi connectivity index (χ1) is 19.0. The molecule has 4 rings (SSSR count). The molecule has 244 valence electrons. The fourth-order valence-electron chi connectivity index (χ4n) is 4.23. The minimum absolute atomic E-state index is 0. The Balaban J connectivity index is 0.000000807. The largest absolute Gasteiger partial charge is 4.00 e. The predicted molar refractivity (Wildman–Crippen MR) is 132 cm³/mol. The van der Waals surface area contributed by atoms with Crippen LogP contribution in [0.2, 0.25) is 0 Å². The van der Waals surface area contributed by atoms with Crippen molar-refractivity contribution in [2.75, 3.05) is 0 Å². The minimum atomic E-state index is -4.83. The van der Waals surface area contributed by atoms with E-state index in [9.17, 15) is 52.7 Å². The van der Waals surface area contributed by atoms with E-state index in [1.54, 1.807) is 27.7 Å². The second-order valence-electron chi connectivity index (χ2n) is 9.86. The molecule has 2 aromatic rings. The van der Waals surface area contributed by atoms with E-state index in [-0.39, 0.29) is 74.3 Å². The molecule has 0 saturated heterocycles. The summed E-state index contributed by atoms with van der Waals surface area (Å²) in [5.74, 6) is 0. The third kappa shape index (κ3) is 10.5. The summed E-state index contributed by atoms with van der Waals surface area (Å²) in [5, 5.41) is 0. The van der Waals surface area contributed by atoms with Crippen molar-refractivity contribution in [3.8, 4) is 0 Å². The summed E-state index contributed by atoms with van der Waals surface area (Å²) >= 11 is 0. The van der Waals surface area contributed by atoms with Crippen molar-refractivity contribution in [3.63, 3.8) is 0 Å². The van der Waals surface area contributed by atoms with Crippen LogP contribution in [0.1, 0.15) is 73.9 Å². The average Bonchev–Trinajstić information content (AvgIpc) is 3.37. The Hall–Kier alpha value is -1.98. The Kier molecular flexibility index (Phi) is 14.6. The molecule has 0 heterocycles. The molecule has 15 heteroatoms. The van der Waals surface area contributed by atoms with Crippen LogP contribution in [0.3, 0.4) is 0 Å². The second kappa shape index (κ2) is 15.3. The van der Waals surface area contributed by atoms with E-state index in [4.69, 9.17) is 0 Å². The zero-order chi connectivity index (χ0) is 32.0. The zero-order valence-corrected chi connectivity index (χ0v) is 27.6. The number of hydrogen-bond donors (Lipinski definition) is 0. The molecule has 2 aromatic carbocycles. The van der Waals surface area contributed by atoms with E-state index in [1.807, 2.05) is 0 Å². The molecule has 0 aliphatic heterocycles. The van der Waals surface area contributed by atoms with Crippen molar-refractivity contribution < 1.29 is 104 Å². The Bertz CT molecular complexity index is 1320. The van der Waals surface area contributed by atoms with E-state index < -0.39 is 47.0 Å². The van der Waals surface area contributed by atoms with E-state index >= 15 is 0 Å². The van der Waals surface area contributed by atoms with Crippen LogP contribution in [-0.2, 0) is 50.9 Å². The van der Waals surface area contributed by atoms with Gasteiger partial charge in [0.05, 0.1) is 0 Å². The molecular formula is C30H22Cl2F12Zr. The first-order valence-corrected chi connectivity index (χ1v) is 12.1. The number of allylic oxidation sites excluding steroid dienone is 8. The first-order valence-electron chi connectivity index (χ1n) is 12.1. The van der Waals surface area contributed by atoms with Crippen LogP contribution in [0.4, 0.5) is 52.7 Å². The fraction of sp³-hybridized carbons (Fsp3) is 0.333. The van der Waals surface area contributed by atoms with Crippen LogP contribution in [0.25, 0.3) is 11.1 Å². The molecule has 2 aliphatic carbocycles. The third-order valence-corrected chi connectivity index (χ3v) is 6.84. The summed E-state index contributed by atoms with van der Waals surface area (Å²) in [4.78, 5) is 0. The van der Waals surface area contributed by atoms with Gasteiger partial charge < -0.3 is 24.8 Å². The predicted octanol–water partition coefficient (Wildman–Crippen LogP) is 5.31. The van der Waals surface area contributed by atoms with E-state index in [2.05, 4.69) is 12.2 Å². The van der Waals surface area contributed by atoms with Gasteiger partial charge in [0.2, 0.25) is 0 Å². The Labute approximate surface area is 283 Å². The van der Waals surface area contributed by atoms with Crippen LogP contribution < -0.4 is 24.8 Å². The average molecular weight is 773 g/mol. The van der Waals surface area contributed by atoms with E-state index in [0.717, 1.165) is 35.4 Å². The summed E-state index contributed by atoms with van der Waals surface area (Å²) in [6, 6.07) is 3.20. The first kappa shape index (κ1) is 43.0. The number of benzene rings is 2. The molecule has 0 atom stereocenters. The maximum Gasteiger partial charge on any atom is 4.00 e. The Morgan fingerprint density at radius 2 is 0.667 bits per heavy atom. The van der Waals surface area contributed by atoms with Crippen LogP contribution in [0.15, 0.2) is 58.7 Å². The van der Waals surface area contributed by atoms with Gasteiger partial charge in [-0.05, 0) is 12.1 Å². The Morgan fingerprint density at radius 1 is 0.444 bits per heavy atom. The molecule has 0 fully saturated rings. The molecule has 0 N–H and O–H groups in total. The minimum Gasteiger partial charge on any atom is -1.00 e. The molecule has 45 heavy (non-hydrogen) atoms. The standard InChI is InChI=1S/2C15H11F6.2ClH.Zr/c2*1-8-3-4-13(9(8)2)10-5-11(14(16,17)18)7-12(6-10)15(19,20)21;;;/h2*5-7H,3H2,1-2H3;2*1H;/q2*-1;;;+4/p-2. The summed E-state index contributed by atoms with van der Waals surface area (Å²) in [6.07, 6.45) is -12.8. The van der Waals surface area contributed by atoms with Crippen LogP contribution in [-0.4, -0.2) is 0 Å². The number of halogens is 14. The fourth-order valence-corrected chi connectivity index (χ4v) is 4.23. The van der Waals surface area contributed by atoms with Crippen molar-refractivity contribution in [3.05, 3.63) is 104 Å². The SMILES string of the molecule is CC1=C(C)C(c2cc(C(F)(F)F)cc(C(F)(F)F)c2)=[C-]C1.CC1=C(C)C(c2cc(C(F)(F)F)cc(C(F)(F)F)c2)=[C-]C1.[Cl-].[Cl-].[Zr+4]. The van der Waals surface area contributed by atoms with Gasteiger partial charge in [0, 0.05) is 22.3 Å². The summed E-state index contributed by atoms with van der Waals surface area (Å²) in [6.45, 7) is 6.87. The smallest absolute Gasteiger partial charge is 1.00 e. The third-order valence-electron chi connectivity index (χ3n) is 6.84. The van der Waals surface area contributed by atoms with E-state index in [1.165, 1.54) is 0 Å². The molecule has 0 spiro atoms. The monoisotopic (exact) mass is 770 g/mol. The molecule has 0 radical (unpaired) electrons. The second-order valence-corrected chi connectivity index (χ2v) is 9.86. The molecule has 0 aromatic heterocycles. The molecule has 0 amide bonds. The van der Waals surface area contributed by atoms with Crippen molar-refractivity contribution in [1.82, 2.24) is 0 Å². The van der Waals surface area contributed by atoms with Gasteiger partial charge in [0.1, 0.15) is 0 Å². The molecule has 0 nitrogen and oxygen atoms in total. The molecular weight excluding hydrogens is 750 g/mol. The topological polar surface area (TPSA) is 0 Å². The van der Waals surface area contributed by atoms with Crippen molar-refractivity contribution in [2.24, 2.45) is 0 Å². The van der Waals surface area contributed by atoms with Crippen LogP contribution in [0.5, 0.6) is 0 Å². The Morgan fingerprint density at radius 3 is 0.822 bits per heavy atom. The van der Waals surface area contributed by atoms with Crippen LogP contribution in [0, 0.1) is 12.2 Å². The van der Waals surface area contributed by atoms with Gasteiger partial charge >= 0.3 is 50.9 Å². The van der Waals surface area contributed by atoms with E-state index in [0.29, 0.717) is 35.1 Å². The van der Waals surface area contributed by atoms with Crippen molar-refractivity contribution >= 4 is 11.1 Å². The van der Waals surface area contributed by atoms with Crippen LogP contribution >= 0.6 is 0 Å². The van der Waals surface area contributed by atoms with Gasteiger partial charge in [0.25, 0.3) is 0 Å². The van der Waals surface area contributed by atoms with Gasteiger partial charge in [-0.1, -0.05) is 64.8 Å². The van der Waals surface area contributed by atoms with Crippen molar-refractivity contribution in [2.45, 2.75) is 65.2 Å². The quantitative estimate of drug-likeness (QED) is 0.287. The number of hydrogen-bond acceptors (Lipinski definition) is 0.